The molecule has 0 unspecified atom stereocenters. The third kappa shape index (κ3) is 4.36. The van der Waals surface area contributed by atoms with Crippen LogP contribution in [-0.2, 0) is 4.79 Å². The molecule has 2 rings (SSSR count). The molecule has 0 bridgehead atoms. The summed E-state index contributed by atoms with van der Waals surface area (Å²) in [6, 6.07) is 6.21. The van der Waals surface area contributed by atoms with Crippen LogP contribution in [0.25, 0.3) is 0 Å². The minimum Gasteiger partial charge on any atom is -0.483 e. The van der Waals surface area contributed by atoms with Crippen molar-refractivity contribution < 1.29 is 14.5 Å². The quantitative estimate of drug-likeness (QED) is 0.580. The molecule has 1 N–H and O–H groups in total. The van der Waals surface area contributed by atoms with Crippen molar-refractivity contribution in [3.8, 4) is 5.75 Å². The lowest BCUT2D eigenvalue weighted by atomic mass is 10.1. The number of benzene rings is 2. The highest BCUT2D eigenvalue weighted by Crippen LogP contribution is 2.31. The van der Waals surface area contributed by atoms with Gasteiger partial charge >= 0.3 is 0 Å². The zero-order valence-electron chi connectivity index (χ0n) is 14.5. The van der Waals surface area contributed by atoms with E-state index in [2.05, 4.69) is 21.2 Å². The van der Waals surface area contributed by atoms with Gasteiger partial charge in [-0.05, 0) is 56.0 Å². The summed E-state index contributed by atoms with van der Waals surface area (Å²) in [6.07, 6.45) is 0. The number of hydrogen-bond donors (Lipinski definition) is 1. The number of nitrogens with zero attached hydrogens (tertiary/aromatic N) is 1. The van der Waals surface area contributed by atoms with Crippen LogP contribution in [0.4, 0.5) is 11.4 Å². The number of hydrogen-bond acceptors (Lipinski definition) is 4. The molecule has 0 aliphatic carbocycles. The van der Waals surface area contributed by atoms with Crippen molar-refractivity contribution >= 4 is 33.2 Å². The SMILES string of the molecule is Cc1ccc([N+](=O)[O-])cc1NC(=O)COc1cc(C)c(Br)c(C)c1C. The number of rotatable bonds is 5. The number of aryl methyl sites for hydroxylation is 2. The van der Waals surface area contributed by atoms with Crippen LogP contribution >= 0.6 is 15.9 Å². The van der Waals surface area contributed by atoms with Crippen molar-refractivity contribution in [2.24, 2.45) is 0 Å². The van der Waals surface area contributed by atoms with Gasteiger partial charge in [0.05, 0.1) is 10.6 Å². The normalized spacial score (nSPS) is 10.4. The first-order chi connectivity index (χ1) is 11.7. The van der Waals surface area contributed by atoms with Gasteiger partial charge in [0.15, 0.2) is 6.61 Å². The van der Waals surface area contributed by atoms with E-state index in [0.717, 1.165) is 26.7 Å². The first-order valence-corrected chi connectivity index (χ1v) is 8.44. The molecular weight excluding hydrogens is 388 g/mol. The Bertz CT molecular complexity index is 849. The van der Waals surface area contributed by atoms with Crippen molar-refractivity contribution in [2.45, 2.75) is 27.7 Å². The molecule has 0 spiro atoms. The summed E-state index contributed by atoms with van der Waals surface area (Å²) >= 11 is 3.52. The minimum atomic E-state index is -0.498. The van der Waals surface area contributed by atoms with Crippen LogP contribution in [0.15, 0.2) is 28.7 Å². The Labute approximate surface area is 154 Å². The highest BCUT2D eigenvalue weighted by Gasteiger charge is 2.13. The molecule has 6 nitrogen and oxygen atoms in total. The predicted octanol–water partition coefficient (Wildman–Crippen LogP) is 4.61. The van der Waals surface area contributed by atoms with Gasteiger partial charge in [-0.2, -0.15) is 0 Å². The van der Waals surface area contributed by atoms with Gasteiger partial charge in [0.1, 0.15) is 5.75 Å². The predicted molar refractivity (Wildman–Crippen MR) is 100 cm³/mol. The summed E-state index contributed by atoms with van der Waals surface area (Å²) in [5.74, 6) is 0.269. The van der Waals surface area contributed by atoms with Gasteiger partial charge in [-0.1, -0.05) is 22.0 Å². The van der Waals surface area contributed by atoms with E-state index < -0.39 is 4.92 Å². The number of ether oxygens (including phenoxy) is 1. The molecule has 0 radical (unpaired) electrons. The van der Waals surface area contributed by atoms with Gasteiger partial charge in [-0.25, -0.2) is 0 Å². The fraction of sp³-hybridized carbons (Fsp3) is 0.278. The first-order valence-electron chi connectivity index (χ1n) is 7.64. The molecule has 132 valence electrons. The maximum Gasteiger partial charge on any atom is 0.271 e. The largest absolute Gasteiger partial charge is 0.483 e. The Hall–Kier alpha value is -2.41. The topological polar surface area (TPSA) is 81.5 Å². The molecule has 7 heteroatoms. The number of nitrogens with one attached hydrogen (secondary N) is 1. The highest BCUT2D eigenvalue weighted by molar-refractivity contribution is 9.10. The lowest BCUT2D eigenvalue weighted by Crippen LogP contribution is -2.21. The molecule has 0 heterocycles. The smallest absolute Gasteiger partial charge is 0.271 e. The van der Waals surface area contributed by atoms with E-state index in [9.17, 15) is 14.9 Å². The Morgan fingerprint density at radius 2 is 1.84 bits per heavy atom. The summed E-state index contributed by atoms with van der Waals surface area (Å²) in [7, 11) is 0. The van der Waals surface area contributed by atoms with E-state index in [1.54, 1.807) is 13.0 Å². The molecule has 1 amide bonds. The second kappa shape index (κ2) is 7.65. The van der Waals surface area contributed by atoms with Gasteiger partial charge < -0.3 is 10.1 Å². The Morgan fingerprint density at radius 1 is 1.16 bits per heavy atom. The third-order valence-corrected chi connectivity index (χ3v) is 5.24. The molecule has 0 aromatic heterocycles. The molecule has 2 aromatic rings. The molecular formula is C18H19BrN2O4. The van der Waals surface area contributed by atoms with E-state index in [4.69, 9.17) is 4.74 Å². The number of nitro groups is 1. The van der Waals surface area contributed by atoms with Gasteiger partial charge in [0.2, 0.25) is 0 Å². The van der Waals surface area contributed by atoms with Crippen LogP contribution in [0.5, 0.6) is 5.75 Å². The van der Waals surface area contributed by atoms with Crippen LogP contribution in [0.3, 0.4) is 0 Å². The Balaban J connectivity index is 2.10. The molecule has 0 fully saturated rings. The number of amides is 1. The first kappa shape index (κ1) is 18.9. The molecule has 2 aromatic carbocycles. The molecule has 25 heavy (non-hydrogen) atoms. The number of nitro benzene ring substituents is 1. The Kier molecular flexibility index (Phi) is 5.79. The van der Waals surface area contributed by atoms with Crippen molar-refractivity contribution in [3.63, 3.8) is 0 Å². The summed E-state index contributed by atoms with van der Waals surface area (Å²) in [5, 5.41) is 13.5. The maximum absolute atomic E-state index is 12.2. The van der Waals surface area contributed by atoms with E-state index in [-0.39, 0.29) is 18.2 Å². The van der Waals surface area contributed by atoms with E-state index in [1.165, 1.54) is 12.1 Å². The minimum absolute atomic E-state index is 0.0724. The third-order valence-electron chi connectivity index (χ3n) is 4.02. The molecule has 0 aliphatic heterocycles. The number of carbonyl (C=O) groups is 1. The van der Waals surface area contributed by atoms with E-state index in [1.807, 2.05) is 26.8 Å². The lowest BCUT2D eigenvalue weighted by Gasteiger charge is -2.14. The lowest BCUT2D eigenvalue weighted by molar-refractivity contribution is -0.384. The van der Waals surface area contributed by atoms with Gasteiger partial charge in [-0.15, -0.1) is 0 Å². The fourth-order valence-corrected chi connectivity index (χ4v) is 2.76. The van der Waals surface area contributed by atoms with Crippen LogP contribution in [0, 0.1) is 37.8 Å². The molecule has 0 saturated heterocycles. The fourth-order valence-electron chi connectivity index (χ4n) is 2.35. The van der Waals surface area contributed by atoms with Crippen molar-refractivity contribution in [1.82, 2.24) is 0 Å². The average molecular weight is 407 g/mol. The average Bonchev–Trinajstić information content (AvgIpc) is 2.56. The maximum atomic E-state index is 12.2. The standard InChI is InChI=1S/C18H19BrN2O4/c1-10-5-6-14(21(23)24)8-15(10)20-17(22)9-25-16-7-11(2)18(19)13(4)12(16)3/h5-8H,9H2,1-4H3,(H,20,22). The summed E-state index contributed by atoms with van der Waals surface area (Å²) in [5.41, 5.74) is 4.11. The summed E-state index contributed by atoms with van der Waals surface area (Å²) in [4.78, 5) is 22.5. The van der Waals surface area contributed by atoms with Crippen LogP contribution < -0.4 is 10.1 Å². The number of carbonyl (C=O) groups excluding carboxylic acids is 1. The van der Waals surface area contributed by atoms with Gasteiger partial charge in [0.25, 0.3) is 11.6 Å². The summed E-state index contributed by atoms with van der Waals surface area (Å²) < 4.78 is 6.66. The molecule has 0 aliphatic rings. The van der Waals surface area contributed by atoms with E-state index in [0.29, 0.717) is 11.4 Å². The summed E-state index contributed by atoms with van der Waals surface area (Å²) in [6.45, 7) is 7.45. The van der Waals surface area contributed by atoms with Crippen molar-refractivity contribution in [2.75, 3.05) is 11.9 Å². The monoisotopic (exact) mass is 406 g/mol. The number of non-ortho nitro benzene ring substituents is 1. The second-order valence-electron chi connectivity index (χ2n) is 5.85. The van der Waals surface area contributed by atoms with E-state index >= 15 is 0 Å². The second-order valence-corrected chi connectivity index (χ2v) is 6.64. The van der Waals surface area contributed by atoms with Crippen LogP contribution in [-0.4, -0.2) is 17.4 Å². The number of anilines is 1. The number of halogens is 1. The molecule has 0 saturated carbocycles. The zero-order chi connectivity index (χ0) is 18.7. The highest BCUT2D eigenvalue weighted by atomic mass is 79.9. The van der Waals surface area contributed by atoms with Crippen molar-refractivity contribution in [3.05, 3.63) is 61.1 Å². The van der Waals surface area contributed by atoms with Gasteiger partial charge in [0, 0.05) is 16.6 Å². The zero-order valence-corrected chi connectivity index (χ0v) is 16.1. The molecule has 0 atom stereocenters. The van der Waals surface area contributed by atoms with Crippen LogP contribution in [0.2, 0.25) is 0 Å². The Morgan fingerprint density at radius 3 is 2.48 bits per heavy atom. The van der Waals surface area contributed by atoms with Crippen LogP contribution in [0.1, 0.15) is 22.3 Å². The van der Waals surface area contributed by atoms with Gasteiger partial charge in [-0.3, -0.25) is 14.9 Å². The van der Waals surface area contributed by atoms with Crippen molar-refractivity contribution in [1.29, 1.82) is 0 Å².